The lowest BCUT2D eigenvalue weighted by Crippen LogP contribution is -2.30. The van der Waals surface area contributed by atoms with Gasteiger partial charge in [-0.25, -0.2) is 0 Å². The molecule has 0 fully saturated rings. The van der Waals surface area contributed by atoms with Crippen molar-refractivity contribution in [2.45, 2.75) is 4.75 Å². The second-order valence-electron chi connectivity index (χ2n) is 5.50. The van der Waals surface area contributed by atoms with Gasteiger partial charge in [0.25, 0.3) is 0 Å². The fraction of sp³-hybridized carbons (Fsp3) is 0.143. The van der Waals surface area contributed by atoms with Crippen molar-refractivity contribution in [3.8, 4) is 0 Å². The van der Waals surface area contributed by atoms with Crippen molar-refractivity contribution >= 4 is 11.9 Å². The maximum Gasteiger partial charge on any atom is 0.105 e. The summed E-state index contributed by atoms with van der Waals surface area (Å²) in [6, 6.07) is 31.5. The van der Waals surface area contributed by atoms with Crippen LogP contribution in [0.1, 0.15) is 16.7 Å². The van der Waals surface area contributed by atoms with E-state index in [0.29, 0.717) is 6.54 Å². The SMILES string of the molecule is OCCNSC(c1ccccc1)(c1ccccc1)c1ccccc1. The van der Waals surface area contributed by atoms with Gasteiger partial charge in [-0.2, -0.15) is 0 Å². The first-order valence-corrected chi connectivity index (χ1v) is 8.88. The Balaban J connectivity index is 2.20. The lowest BCUT2D eigenvalue weighted by Gasteiger charge is -2.35. The van der Waals surface area contributed by atoms with Crippen LogP contribution in [0.4, 0.5) is 0 Å². The van der Waals surface area contributed by atoms with Gasteiger partial charge in [-0.15, -0.1) is 0 Å². The molecule has 3 heteroatoms. The molecular formula is C21H21NOS. The van der Waals surface area contributed by atoms with Crippen molar-refractivity contribution in [1.82, 2.24) is 4.72 Å². The standard InChI is InChI=1S/C21H21NOS/c23-17-16-22-24-21(18-10-4-1-5-11-18,19-12-6-2-7-13-19)20-14-8-3-9-15-20/h1-15,22-23H,16-17H2. The Labute approximate surface area is 147 Å². The van der Waals surface area contributed by atoms with Gasteiger partial charge in [-0.1, -0.05) is 103 Å². The number of nitrogens with one attached hydrogen (secondary N) is 1. The number of hydrogen-bond donors (Lipinski definition) is 2. The third-order valence-electron chi connectivity index (χ3n) is 3.98. The van der Waals surface area contributed by atoms with Crippen LogP contribution < -0.4 is 4.72 Å². The predicted molar refractivity (Wildman–Crippen MR) is 102 cm³/mol. The first kappa shape index (κ1) is 16.8. The van der Waals surface area contributed by atoms with E-state index >= 15 is 0 Å². The molecule has 0 saturated heterocycles. The van der Waals surface area contributed by atoms with Crippen molar-refractivity contribution in [3.63, 3.8) is 0 Å². The molecule has 0 unspecified atom stereocenters. The molecule has 0 spiro atoms. The van der Waals surface area contributed by atoms with Crippen LogP contribution in [0.15, 0.2) is 91.0 Å². The highest BCUT2D eigenvalue weighted by molar-refractivity contribution is 7.98. The minimum atomic E-state index is -0.376. The van der Waals surface area contributed by atoms with Crippen LogP contribution in [0.5, 0.6) is 0 Å². The summed E-state index contributed by atoms with van der Waals surface area (Å²) in [5, 5.41) is 9.20. The summed E-state index contributed by atoms with van der Waals surface area (Å²) < 4.78 is 2.96. The molecule has 0 bridgehead atoms. The Morgan fingerprint density at radius 1 is 0.667 bits per heavy atom. The molecule has 0 aliphatic carbocycles. The smallest absolute Gasteiger partial charge is 0.105 e. The number of benzene rings is 3. The van der Waals surface area contributed by atoms with E-state index in [9.17, 15) is 5.11 Å². The summed E-state index contributed by atoms with van der Waals surface area (Å²) >= 11 is 1.64. The minimum absolute atomic E-state index is 0.113. The molecule has 3 rings (SSSR count). The number of aliphatic hydroxyl groups is 1. The van der Waals surface area contributed by atoms with Crippen LogP contribution in [0.2, 0.25) is 0 Å². The molecule has 2 nitrogen and oxygen atoms in total. The largest absolute Gasteiger partial charge is 0.395 e. The number of rotatable bonds is 7. The molecule has 3 aromatic carbocycles. The zero-order valence-corrected chi connectivity index (χ0v) is 14.2. The van der Waals surface area contributed by atoms with Gasteiger partial charge in [0, 0.05) is 6.54 Å². The molecule has 0 saturated carbocycles. The van der Waals surface area contributed by atoms with E-state index in [1.165, 1.54) is 16.7 Å². The van der Waals surface area contributed by atoms with Gasteiger partial charge >= 0.3 is 0 Å². The lowest BCUT2D eigenvalue weighted by molar-refractivity contribution is 0.302. The summed E-state index contributed by atoms with van der Waals surface area (Å²) in [5.74, 6) is 0. The molecule has 3 aromatic rings. The van der Waals surface area contributed by atoms with Gasteiger partial charge in [-0.3, -0.25) is 4.72 Å². The van der Waals surface area contributed by atoms with E-state index in [1.807, 2.05) is 18.2 Å². The zero-order valence-electron chi connectivity index (χ0n) is 13.4. The molecular weight excluding hydrogens is 314 g/mol. The molecule has 0 amide bonds. The molecule has 0 atom stereocenters. The Kier molecular flexibility index (Phi) is 5.70. The number of aliphatic hydroxyl groups excluding tert-OH is 1. The van der Waals surface area contributed by atoms with E-state index in [0.717, 1.165) is 0 Å². The van der Waals surface area contributed by atoms with E-state index in [1.54, 1.807) is 11.9 Å². The molecule has 24 heavy (non-hydrogen) atoms. The topological polar surface area (TPSA) is 32.3 Å². The maximum atomic E-state index is 9.20. The Morgan fingerprint density at radius 3 is 1.38 bits per heavy atom. The van der Waals surface area contributed by atoms with E-state index < -0.39 is 0 Å². The first-order valence-electron chi connectivity index (χ1n) is 8.06. The molecule has 0 aromatic heterocycles. The molecule has 0 aliphatic rings. The molecule has 0 heterocycles. The predicted octanol–water partition coefficient (Wildman–Crippen LogP) is 4.21. The Morgan fingerprint density at radius 2 is 1.04 bits per heavy atom. The normalized spacial score (nSPS) is 11.4. The van der Waals surface area contributed by atoms with Gasteiger partial charge in [0.1, 0.15) is 4.75 Å². The molecule has 2 N–H and O–H groups in total. The summed E-state index contributed by atoms with van der Waals surface area (Å²) in [5.41, 5.74) is 3.62. The van der Waals surface area contributed by atoms with E-state index in [2.05, 4.69) is 77.5 Å². The summed E-state index contributed by atoms with van der Waals surface area (Å²) in [6.45, 7) is 0.653. The van der Waals surface area contributed by atoms with Crippen molar-refractivity contribution in [2.75, 3.05) is 13.2 Å². The number of hydrogen-bond acceptors (Lipinski definition) is 3. The van der Waals surface area contributed by atoms with Crippen LogP contribution in [0, 0.1) is 0 Å². The van der Waals surface area contributed by atoms with Crippen molar-refractivity contribution in [1.29, 1.82) is 0 Å². The van der Waals surface area contributed by atoms with Crippen LogP contribution in [0.25, 0.3) is 0 Å². The van der Waals surface area contributed by atoms with Crippen LogP contribution in [-0.2, 0) is 4.75 Å². The van der Waals surface area contributed by atoms with Crippen LogP contribution >= 0.6 is 11.9 Å². The van der Waals surface area contributed by atoms with Gasteiger partial charge in [-0.05, 0) is 16.7 Å². The zero-order chi connectivity index (χ0) is 16.7. The highest BCUT2D eigenvalue weighted by atomic mass is 32.2. The fourth-order valence-electron chi connectivity index (χ4n) is 2.90. The average Bonchev–Trinajstić information content (AvgIpc) is 2.68. The molecule has 0 aliphatic heterocycles. The molecule has 122 valence electrons. The highest BCUT2D eigenvalue weighted by Gasteiger charge is 2.37. The molecule has 0 radical (unpaired) electrons. The Hall–Kier alpha value is -2.07. The highest BCUT2D eigenvalue weighted by Crippen LogP contribution is 2.46. The third kappa shape index (κ3) is 3.39. The third-order valence-corrected chi connectivity index (χ3v) is 5.34. The maximum absolute atomic E-state index is 9.20. The minimum Gasteiger partial charge on any atom is -0.395 e. The van der Waals surface area contributed by atoms with Gasteiger partial charge < -0.3 is 5.11 Å². The quantitative estimate of drug-likeness (QED) is 0.385. The van der Waals surface area contributed by atoms with Gasteiger partial charge in [0.05, 0.1) is 6.61 Å². The van der Waals surface area contributed by atoms with Crippen molar-refractivity contribution in [3.05, 3.63) is 108 Å². The lowest BCUT2D eigenvalue weighted by atomic mass is 9.84. The second kappa shape index (κ2) is 8.15. The van der Waals surface area contributed by atoms with E-state index in [-0.39, 0.29) is 11.4 Å². The first-order chi connectivity index (χ1) is 11.9. The average molecular weight is 335 g/mol. The second-order valence-corrected chi connectivity index (χ2v) is 6.60. The fourth-order valence-corrected chi connectivity index (χ4v) is 4.07. The summed E-state index contributed by atoms with van der Waals surface area (Å²) in [4.78, 5) is 0. The van der Waals surface area contributed by atoms with Crippen molar-refractivity contribution < 1.29 is 5.11 Å². The van der Waals surface area contributed by atoms with Crippen LogP contribution in [0.3, 0.4) is 0 Å². The van der Waals surface area contributed by atoms with Gasteiger partial charge in [0.2, 0.25) is 0 Å². The summed E-state index contributed by atoms with van der Waals surface area (Å²) in [7, 11) is 0. The summed E-state index contributed by atoms with van der Waals surface area (Å²) in [6.07, 6.45) is 0. The van der Waals surface area contributed by atoms with Gasteiger partial charge in [0.15, 0.2) is 0 Å². The van der Waals surface area contributed by atoms with Crippen LogP contribution in [-0.4, -0.2) is 18.3 Å². The van der Waals surface area contributed by atoms with E-state index in [4.69, 9.17) is 0 Å². The monoisotopic (exact) mass is 335 g/mol. The van der Waals surface area contributed by atoms with Crippen molar-refractivity contribution in [2.24, 2.45) is 0 Å². The Bertz CT molecular complexity index is 635.